The molecule has 0 aromatic rings. The molecule has 0 aromatic carbocycles. The molecule has 0 aromatic heterocycles. The van der Waals surface area contributed by atoms with Crippen LogP contribution < -0.4 is 5.32 Å². The number of allylic oxidation sites excluding steroid dienone is 1. The zero-order valence-corrected chi connectivity index (χ0v) is 22.2. The van der Waals surface area contributed by atoms with Crippen molar-refractivity contribution >= 4 is 12.2 Å². The van der Waals surface area contributed by atoms with Crippen molar-refractivity contribution in [1.29, 1.82) is 0 Å². The second kappa shape index (κ2) is 9.78. The van der Waals surface area contributed by atoms with Crippen molar-refractivity contribution in [3.8, 4) is 0 Å². The number of ether oxygens (including phenoxy) is 5. The van der Waals surface area contributed by atoms with Crippen molar-refractivity contribution in [3.63, 3.8) is 0 Å². The van der Waals surface area contributed by atoms with Crippen LogP contribution in [0.2, 0.25) is 0 Å². The Bertz CT molecular complexity index is 875. The summed E-state index contributed by atoms with van der Waals surface area (Å²) in [5.41, 5.74) is 0.698. The first kappa shape index (κ1) is 25.8. The molecular weight excluding hydrogens is 466 g/mol. The Hall–Kier alpha value is -1.88. The highest BCUT2D eigenvalue weighted by Gasteiger charge is 2.72. The predicted molar refractivity (Wildman–Crippen MR) is 130 cm³/mol. The van der Waals surface area contributed by atoms with Gasteiger partial charge in [-0.1, -0.05) is 11.6 Å². The fraction of sp³-hybridized carbons (Fsp3) is 0.846. The molecule has 4 aliphatic heterocycles. The highest BCUT2D eigenvalue weighted by atomic mass is 16.6. The first-order valence-corrected chi connectivity index (χ1v) is 13.2. The number of alkyl carbamates (subject to hydrolysis) is 1. The van der Waals surface area contributed by atoms with Gasteiger partial charge in [0.2, 0.25) is 0 Å². The summed E-state index contributed by atoms with van der Waals surface area (Å²) in [6.07, 6.45) is 3.48. The van der Waals surface area contributed by atoms with E-state index in [9.17, 15) is 9.59 Å². The Morgan fingerprint density at radius 1 is 1.17 bits per heavy atom. The summed E-state index contributed by atoms with van der Waals surface area (Å²) < 4.78 is 29.6. The minimum Gasteiger partial charge on any atom is -0.443 e. The van der Waals surface area contributed by atoms with Crippen LogP contribution in [0.3, 0.4) is 0 Å². The first-order chi connectivity index (χ1) is 17.2. The Morgan fingerprint density at radius 3 is 2.44 bits per heavy atom. The number of fused-ring (bicyclic) bond motifs is 1. The molecule has 2 amide bonds. The van der Waals surface area contributed by atoms with Gasteiger partial charge in [0.1, 0.15) is 30.1 Å². The molecular formula is C26H41N3O7. The zero-order valence-electron chi connectivity index (χ0n) is 22.2. The van der Waals surface area contributed by atoms with E-state index in [0.717, 1.165) is 32.4 Å². The number of carbonyl (C=O) groups excluding carboxylic acids is 2. The summed E-state index contributed by atoms with van der Waals surface area (Å²) in [6, 6.07) is 0. The summed E-state index contributed by atoms with van der Waals surface area (Å²) in [4.78, 5) is 28.5. The van der Waals surface area contributed by atoms with Gasteiger partial charge in [0.05, 0.1) is 18.6 Å². The van der Waals surface area contributed by atoms with Gasteiger partial charge in [-0.2, -0.15) is 0 Å². The van der Waals surface area contributed by atoms with Crippen molar-refractivity contribution in [3.05, 3.63) is 11.6 Å². The monoisotopic (exact) mass is 507 g/mol. The van der Waals surface area contributed by atoms with Crippen molar-refractivity contribution in [2.75, 3.05) is 53.7 Å². The molecule has 4 heterocycles. The second-order valence-corrected chi connectivity index (χ2v) is 11.6. The van der Waals surface area contributed by atoms with Crippen molar-refractivity contribution in [1.82, 2.24) is 15.1 Å². The minimum atomic E-state index is -0.428. The van der Waals surface area contributed by atoms with Gasteiger partial charge in [0.25, 0.3) is 0 Å². The van der Waals surface area contributed by atoms with Crippen molar-refractivity contribution in [2.24, 2.45) is 17.8 Å². The second-order valence-electron chi connectivity index (χ2n) is 11.6. The van der Waals surface area contributed by atoms with E-state index in [1.165, 1.54) is 5.57 Å². The predicted octanol–water partition coefficient (Wildman–Crippen LogP) is 2.38. The number of nitrogens with one attached hydrogen (secondary N) is 1. The SMILES string of the molecule is CNC(=O)OCN1C[C@@H]2CN(C(=O)O[C@@H]3CC[C@]4(CO4)C([C@@]4(C)O[C@@H]4CC=C(C)C)[C@@H]3OC)C[C@@H]2C1. The largest absolute Gasteiger partial charge is 0.443 e. The fourth-order valence-corrected chi connectivity index (χ4v) is 6.84. The minimum absolute atomic E-state index is 0.0175. The number of amides is 2. The maximum Gasteiger partial charge on any atom is 0.410 e. The molecule has 36 heavy (non-hydrogen) atoms. The maximum absolute atomic E-state index is 13.2. The van der Waals surface area contributed by atoms with Crippen LogP contribution in [0.15, 0.2) is 11.6 Å². The summed E-state index contributed by atoms with van der Waals surface area (Å²) in [6.45, 7) is 10.3. The number of hydrogen-bond donors (Lipinski definition) is 1. The normalized spacial score (nSPS) is 41.1. The lowest BCUT2D eigenvalue weighted by Crippen LogP contribution is -2.56. The first-order valence-electron chi connectivity index (χ1n) is 13.2. The number of nitrogens with zero attached hydrogens (tertiary/aromatic N) is 2. The third-order valence-electron chi connectivity index (χ3n) is 8.89. The molecule has 8 atom stereocenters. The van der Waals surface area contributed by atoms with Gasteiger partial charge in [-0.3, -0.25) is 4.90 Å². The molecule has 4 saturated heterocycles. The molecule has 0 radical (unpaired) electrons. The van der Waals surface area contributed by atoms with Crippen molar-refractivity contribution < 1.29 is 33.3 Å². The summed E-state index contributed by atoms with van der Waals surface area (Å²) in [5.74, 6) is 0.741. The summed E-state index contributed by atoms with van der Waals surface area (Å²) in [5, 5.41) is 2.46. The van der Waals surface area contributed by atoms with Crippen LogP contribution in [0, 0.1) is 17.8 Å². The Balaban J connectivity index is 1.17. The van der Waals surface area contributed by atoms with Crippen LogP contribution >= 0.6 is 0 Å². The Labute approximate surface area is 213 Å². The zero-order chi connectivity index (χ0) is 25.7. The molecule has 5 rings (SSSR count). The maximum atomic E-state index is 13.2. The van der Waals surface area contributed by atoms with E-state index in [2.05, 4.69) is 37.1 Å². The van der Waals surface area contributed by atoms with E-state index in [1.807, 2.05) is 4.90 Å². The number of epoxide rings is 2. The van der Waals surface area contributed by atoms with E-state index in [1.54, 1.807) is 14.2 Å². The van der Waals surface area contributed by atoms with Gasteiger partial charge < -0.3 is 33.9 Å². The lowest BCUT2D eigenvalue weighted by Gasteiger charge is -2.43. The van der Waals surface area contributed by atoms with Gasteiger partial charge in [-0.25, -0.2) is 9.59 Å². The average Bonchev–Trinajstić information content (AvgIpc) is 3.65. The third kappa shape index (κ3) is 4.85. The van der Waals surface area contributed by atoms with E-state index in [-0.39, 0.29) is 48.3 Å². The highest BCUT2D eigenvalue weighted by Crippen LogP contribution is 2.59. The van der Waals surface area contributed by atoms with Gasteiger partial charge in [0.15, 0.2) is 0 Å². The molecule has 1 spiro atoms. The van der Waals surface area contributed by atoms with Crippen molar-refractivity contribution in [2.45, 2.75) is 69.5 Å². The molecule has 1 aliphatic carbocycles. The molecule has 5 fully saturated rings. The smallest absolute Gasteiger partial charge is 0.410 e. The molecule has 1 N–H and O–H groups in total. The van der Waals surface area contributed by atoms with Crippen LogP contribution in [0.25, 0.3) is 0 Å². The lowest BCUT2D eigenvalue weighted by atomic mass is 9.68. The van der Waals surface area contributed by atoms with Crippen LogP contribution in [-0.2, 0) is 23.7 Å². The molecule has 10 nitrogen and oxygen atoms in total. The standard InChI is InChI=1S/C26H41N3O7/c1-16(2)6-7-20-25(3,36-20)22-21(32-5)19(8-9-26(22)14-34-26)35-24(31)29-12-17-10-28(11-18(17)13-29)15-33-23(30)27-4/h6,17-22H,7-15H2,1-5H3,(H,27,30)/t17-,18+,19-,20-,21-,22?,25+,26+/m1/s1. The third-order valence-corrected chi connectivity index (χ3v) is 8.89. The number of carbonyl (C=O) groups is 2. The number of rotatable bonds is 7. The molecule has 5 aliphatic rings. The lowest BCUT2D eigenvalue weighted by molar-refractivity contribution is -0.121. The quantitative estimate of drug-likeness (QED) is 0.414. The van der Waals surface area contributed by atoms with E-state index in [4.69, 9.17) is 23.7 Å². The van der Waals surface area contributed by atoms with Gasteiger partial charge >= 0.3 is 12.2 Å². The molecule has 0 bridgehead atoms. The van der Waals surface area contributed by atoms with Crippen LogP contribution in [0.4, 0.5) is 9.59 Å². The Kier molecular flexibility index (Phi) is 6.99. The van der Waals surface area contributed by atoms with E-state index in [0.29, 0.717) is 31.5 Å². The topological polar surface area (TPSA) is 105 Å². The average molecular weight is 508 g/mol. The molecule has 10 heteroatoms. The summed E-state index contributed by atoms with van der Waals surface area (Å²) >= 11 is 0. The molecule has 1 saturated carbocycles. The fourth-order valence-electron chi connectivity index (χ4n) is 6.84. The van der Waals surface area contributed by atoms with Crippen LogP contribution in [0.5, 0.6) is 0 Å². The molecule has 202 valence electrons. The van der Waals surface area contributed by atoms with Gasteiger partial charge in [-0.05, 0) is 51.9 Å². The van der Waals surface area contributed by atoms with E-state index < -0.39 is 6.09 Å². The summed E-state index contributed by atoms with van der Waals surface area (Å²) in [7, 11) is 3.25. The highest BCUT2D eigenvalue weighted by molar-refractivity contribution is 5.68. The van der Waals surface area contributed by atoms with Gasteiger partial charge in [0, 0.05) is 40.3 Å². The van der Waals surface area contributed by atoms with E-state index >= 15 is 0 Å². The van der Waals surface area contributed by atoms with Gasteiger partial charge in [-0.15, -0.1) is 0 Å². The van der Waals surface area contributed by atoms with Crippen LogP contribution in [0.1, 0.15) is 40.0 Å². The van der Waals surface area contributed by atoms with Crippen LogP contribution in [-0.4, -0.2) is 105 Å². The number of hydrogen-bond acceptors (Lipinski definition) is 8. The number of methoxy groups -OCH3 is 1. The molecule has 1 unspecified atom stereocenters. The number of likely N-dealkylation sites (tertiary alicyclic amines) is 2. The Morgan fingerprint density at radius 2 is 1.86 bits per heavy atom.